The van der Waals surface area contributed by atoms with Crippen LogP contribution in [0, 0.1) is 12.8 Å². The number of amides is 2. The molecule has 2 amide bonds. The predicted molar refractivity (Wildman–Crippen MR) is 98.0 cm³/mol. The van der Waals surface area contributed by atoms with E-state index >= 15 is 0 Å². The SMILES string of the molecule is COc1ccc(N2CC(C(=O)NCCCn3cncc3C)CC2=O)cc1. The van der Waals surface area contributed by atoms with E-state index in [0.29, 0.717) is 13.1 Å². The van der Waals surface area contributed by atoms with Gasteiger partial charge >= 0.3 is 0 Å². The smallest absolute Gasteiger partial charge is 0.227 e. The van der Waals surface area contributed by atoms with Gasteiger partial charge in [-0.3, -0.25) is 9.59 Å². The number of benzene rings is 1. The van der Waals surface area contributed by atoms with Crippen molar-refractivity contribution in [2.75, 3.05) is 25.1 Å². The number of methoxy groups -OCH3 is 1. The van der Waals surface area contributed by atoms with Gasteiger partial charge in [0.25, 0.3) is 0 Å². The van der Waals surface area contributed by atoms with Crippen LogP contribution in [-0.4, -0.2) is 41.6 Å². The van der Waals surface area contributed by atoms with Gasteiger partial charge < -0.3 is 19.5 Å². The molecule has 0 saturated carbocycles. The van der Waals surface area contributed by atoms with E-state index in [1.54, 1.807) is 18.3 Å². The van der Waals surface area contributed by atoms with Crippen molar-refractivity contribution in [3.05, 3.63) is 42.5 Å². The fraction of sp³-hybridized carbons (Fsp3) is 0.421. The summed E-state index contributed by atoms with van der Waals surface area (Å²) in [7, 11) is 1.60. The van der Waals surface area contributed by atoms with Crippen molar-refractivity contribution >= 4 is 17.5 Å². The van der Waals surface area contributed by atoms with Gasteiger partial charge in [0.05, 0.1) is 19.4 Å². The van der Waals surface area contributed by atoms with E-state index < -0.39 is 0 Å². The Morgan fingerprint density at radius 3 is 2.77 bits per heavy atom. The van der Waals surface area contributed by atoms with Crippen molar-refractivity contribution in [2.24, 2.45) is 5.92 Å². The highest BCUT2D eigenvalue weighted by Gasteiger charge is 2.34. The van der Waals surface area contributed by atoms with Crippen LogP contribution in [0.1, 0.15) is 18.5 Å². The van der Waals surface area contributed by atoms with Gasteiger partial charge in [0.1, 0.15) is 5.75 Å². The molecule has 1 aromatic carbocycles. The van der Waals surface area contributed by atoms with Gasteiger partial charge in [-0.25, -0.2) is 4.98 Å². The maximum Gasteiger partial charge on any atom is 0.227 e. The summed E-state index contributed by atoms with van der Waals surface area (Å²) in [6.45, 7) is 3.82. The number of carbonyl (C=O) groups excluding carboxylic acids is 2. The van der Waals surface area contributed by atoms with Gasteiger partial charge in [-0.2, -0.15) is 0 Å². The van der Waals surface area contributed by atoms with Crippen LogP contribution < -0.4 is 15.0 Å². The Bertz CT molecular complexity index is 769. The first kappa shape index (κ1) is 18.0. The quantitative estimate of drug-likeness (QED) is 0.767. The number of carbonyl (C=O) groups is 2. The summed E-state index contributed by atoms with van der Waals surface area (Å²) in [5.74, 6) is 0.350. The van der Waals surface area contributed by atoms with Crippen molar-refractivity contribution in [1.29, 1.82) is 0 Å². The minimum absolute atomic E-state index is 0.0237. The van der Waals surface area contributed by atoms with E-state index in [1.807, 2.05) is 37.4 Å². The first-order chi connectivity index (χ1) is 12.6. The highest BCUT2D eigenvalue weighted by molar-refractivity contribution is 6.00. The number of aromatic nitrogens is 2. The third-order valence-corrected chi connectivity index (χ3v) is 4.68. The minimum atomic E-state index is -0.306. The standard InChI is InChI=1S/C19H24N4O3/c1-14-11-20-13-22(14)9-3-8-21-19(25)15-10-18(24)23(12-15)16-4-6-17(26-2)7-5-16/h4-7,11,13,15H,3,8-10,12H2,1-2H3,(H,21,25). The molecule has 7 nitrogen and oxygen atoms in total. The molecule has 1 saturated heterocycles. The number of anilines is 1. The summed E-state index contributed by atoms with van der Waals surface area (Å²) >= 11 is 0. The normalized spacial score (nSPS) is 16.8. The van der Waals surface area contributed by atoms with Crippen molar-refractivity contribution < 1.29 is 14.3 Å². The van der Waals surface area contributed by atoms with Gasteiger partial charge in [-0.1, -0.05) is 0 Å². The topological polar surface area (TPSA) is 76.5 Å². The Balaban J connectivity index is 1.48. The average Bonchev–Trinajstić information content (AvgIpc) is 3.24. The van der Waals surface area contributed by atoms with E-state index in [-0.39, 0.29) is 24.2 Å². The van der Waals surface area contributed by atoms with Crippen LogP contribution in [0.2, 0.25) is 0 Å². The fourth-order valence-electron chi connectivity index (χ4n) is 3.12. The third kappa shape index (κ3) is 4.04. The molecule has 7 heteroatoms. The highest BCUT2D eigenvalue weighted by atomic mass is 16.5. The molecule has 1 atom stereocenters. The summed E-state index contributed by atoms with van der Waals surface area (Å²) in [5, 5.41) is 2.95. The molecule has 0 radical (unpaired) electrons. The Kier molecular flexibility index (Phi) is 5.55. The van der Waals surface area contributed by atoms with Gasteiger partial charge in [0, 0.05) is 43.6 Å². The second kappa shape index (κ2) is 8.03. The van der Waals surface area contributed by atoms with Crippen LogP contribution in [0.5, 0.6) is 5.75 Å². The number of rotatable bonds is 7. The van der Waals surface area contributed by atoms with Gasteiger partial charge in [-0.05, 0) is 37.6 Å². The van der Waals surface area contributed by atoms with Gasteiger partial charge in [0.15, 0.2) is 0 Å². The zero-order valence-electron chi connectivity index (χ0n) is 15.1. The third-order valence-electron chi connectivity index (χ3n) is 4.68. The van der Waals surface area contributed by atoms with E-state index in [0.717, 1.165) is 30.1 Å². The molecule has 1 unspecified atom stereocenters. The molecule has 1 fully saturated rings. The lowest BCUT2D eigenvalue weighted by atomic mass is 10.1. The van der Waals surface area contributed by atoms with Crippen LogP contribution >= 0.6 is 0 Å². The maximum atomic E-state index is 12.4. The zero-order chi connectivity index (χ0) is 18.5. The summed E-state index contributed by atoms with van der Waals surface area (Å²) in [4.78, 5) is 30.4. The summed E-state index contributed by atoms with van der Waals surface area (Å²) in [6, 6.07) is 7.30. The molecule has 26 heavy (non-hydrogen) atoms. The average molecular weight is 356 g/mol. The number of nitrogens with one attached hydrogen (secondary N) is 1. The minimum Gasteiger partial charge on any atom is -0.497 e. The van der Waals surface area contributed by atoms with Gasteiger partial charge in [-0.15, -0.1) is 0 Å². The molecule has 1 aromatic heterocycles. The first-order valence-corrected chi connectivity index (χ1v) is 8.77. The lowest BCUT2D eigenvalue weighted by Gasteiger charge is -2.17. The Labute approximate surface area is 153 Å². The number of hydrogen-bond donors (Lipinski definition) is 1. The monoisotopic (exact) mass is 356 g/mol. The first-order valence-electron chi connectivity index (χ1n) is 8.77. The molecule has 0 spiro atoms. The molecule has 0 aliphatic carbocycles. The van der Waals surface area contributed by atoms with Crippen LogP contribution in [0.4, 0.5) is 5.69 Å². The molecule has 3 rings (SSSR count). The lowest BCUT2D eigenvalue weighted by molar-refractivity contribution is -0.126. The van der Waals surface area contributed by atoms with Crippen molar-refractivity contribution in [3.8, 4) is 5.75 Å². The number of nitrogens with zero attached hydrogens (tertiary/aromatic N) is 3. The Morgan fingerprint density at radius 2 is 2.12 bits per heavy atom. The van der Waals surface area contributed by atoms with Crippen LogP contribution in [0.3, 0.4) is 0 Å². The highest BCUT2D eigenvalue weighted by Crippen LogP contribution is 2.26. The zero-order valence-corrected chi connectivity index (χ0v) is 15.1. The number of aryl methyl sites for hydroxylation is 2. The summed E-state index contributed by atoms with van der Waals surface area (Å²) in [6.07, 6.45) is 4.68. The second-order valence-corrected chi connectivity index (χ2v) is 6.48. The van der Waals surface area contributed by atoms with Crippen molar-refractivity contribution in [3.63, 3.8) is 0 Å². The van der Waals surface area contributed by atoms with Crippen LogP contribution in [-0.2, 0) is 16.1 Å². The maximum absolute atomic E-state index is 12.4. The largest absolute Gasteiger partial charge is 0.497 e. The van der Waals surface area contributed by atoms with Crippen molar-refractivity contribution in [1.82, 2.24) is 14.9 Å². The number of hydrogen-bond acceptors (Lipinski definition) is 4. The van der Waals surface area contributed by atoms with Crippen LogP contribution in [0.15, 0.2) is 36.8 Å². The van der Waals surface area contributed by atoms with E-state index in [2.05, 4.69) is 14.9 Å². The van der Waals surface area contributed by atoms with E-state index in [9.17, 15) is 9.59 Å². The van der Waals surface area contributed by atoms with Crippen LogP contribution in [0.25, 0.3) is 0 Å². The van der Waals surface area contributed by atoms with E-state index in [1.165, 1.54) is 0 Å². The summed E-state index contributed by atoms with van der Waals surface area (Å²) < 4.78 is 7.19. The molecule has 0 bridgehead atoms. The van der Waals surface area contributed by atoms with Gasteiger partial charge in [0.2, 0.25) is 11.8 Å². The fourth-order valence-corrected chi connectivity index (χ4v) is 3.12. The predicted octanol–water partition coefficient (Wildman–Crippen LogP) is 1.76. The van der Waals surface area contributed by atoms with E-state index in [4.69, 9.17) is 4.74 Å². The molecule has 2 heterocycles. The molecular formula is C19H24N4O3. The molecular weight excluding hydrogens is 332 g/mol. The molecule has 138 valence electrons. The lowest BCUT2D eigenvalue weighted by Crippen LogP contribution is -2.33. The number of ether oxygens (including phenoxy) is 1. The molecule has 1 aliphatic rings. The number of imidazole rings is 1. The summed E-state index contributed by atoms with van der Waals surface area (Å²) in [5.41, 5.74) is 1.90. The molecule has 1 aliphatic heterocycles. The Morgan fingerprint density at radius 1 is 1.35 bits per heavy atom. The second-order valence-electron chi connectivity index (χ2n) is 6.48. The Hall–Kier alpha value is -2.83. The van der Waals surface area contributed by atoms with Crippen molar-refractivity contribution in [2.45, 2.75) is 26.3 Å². The molecule has 1 N–H and O–H groups in total. The molecule has 2 aromatic rings.